The number of hydrogen-bond acceptors (Lipinski definition) is 7. The smallest absolute Gasteiger partial charge is 0.230 e. The molecule has 4 rings (SSSR count). The summed E-state index contributed by atoms with van der Waals surface area (Å²) in [4.78, 5) is 12.4. The van der Waals surface area contributed by atoms with Gasteiger partial charge in [-0.3, -0.25) is 4.79 Å². The summed E-state index contributed by atoms with van der Waals surface area (Å²) in [6.45, 7) is 2.00. The van der Waals surface area contributed by atoms with Gasteiger partial charge in [-0.25, -0.2) is 0 Å². The Balaban J connectivity index is 1.68. The second-order valence-electron chi connectivity index (χ2n) is 7.40. The summed E-state index contributed by atoms with van der Waals surface area (Å²) in [5.41, 5.74) is 2.91. The van der Waals surface area contributed by atoms with Crippen LogP contribution in [0.5, 0.6) is 5.75 Å². The average molecular weight is 435 g/mol. The first-order valence-electron chi connectivity index (χ1n) is 9.75. The Bertz CT molecular complexity index is 945. The minimum absolute atomic E-state index is 0.0803. The molecule has 2 aromatic carbocycles. The third-order valence-corrected chi connectivity index (χ3v) is 5.85. The highest BCUT2D eigenvalue weighted by molar-refractivity contribution is 6.31. The molecule has 0 radical (unpaired) electrons. The summed E-state index contributed by atoms with van der Waals surface area (Å²) in [5.74, 6) is -1.85. The summed E-state index contributed by atoms with van der Waals surface area (Å²) in [7, 11) is 0. The first kappa shape index (κ1) is 21.2. The van der Waals surface area contributed by atoms with Gasteiger partial charge in [0.05, 0.1) is 19.8 Å². The molecule has 1 fully saturated rings. The van der Waals surface area contributed by atoms with Gasteiger partial charge in [0.25, 0.3) is 0 Å². The fourth-order valence-electron chi connectivity index (χ4n) is 3.94. The highest BCUT2D eigenvalue weighted by Gasteiger charge is 2.58. The van der Waals surface area contributed by atoms with E-state index in [0.717, 1.165) is 16.9 Å². The first-order chi connectivity index (χ1) is 14.4. The summed E-state index contributed by atoms with van der Waals surface area (Å²) >= 11 is 6.48. The van der Waals surface area contributed by atoms with E-state index in [4.69, 9.17) is 25.8 Å². The molecule has 0 bridgehead atoms. The van der Waals surface area contributed by atoms with Gasteiger partial charge >= 0.3 is 0 Å². The van der Waals surface area contributed by atoms with E-state index in [1.54, 1.807) is 12.1 Å². The third kappa shape index (κ3) is 3.51. The molecular formula is C22H23ClO7. The molecule has 1 spiro atoms. The molecule has 2 heterocycles. The fraction of sp³-hybridized carbons (Fsp3) is 0.409. The highest BCUT2D eigenvalue weighted by Crippen LogP contribution is 2.46. The van der Waals surface area contributed by atoms with Crippen LogP contribution in [0.3, 0.4) is 0 Å². The van der Waals surface area contributed by atoms with Crippen molar-refractivity contribution >= 4 is 17.4 Å². The Morgan fingerprint density at radius 2 is 1.97 bits per heavy atom. The van der Waals surface area contributed by atoms with Gasteiger partial charge in [0.15, 0.2) is 11.9 Å². The third-order valence-electron chi connectivity index (χ3n) is 5.50. The number of aliphatic hydroxyl groups excluding tert-OH is 3. The molecule has 1 saturated heterocycles. The Hall–Kier alpha value is -2.00. The molecule has 4 atom stereocenters. The van der Waals surface area contributed by atoms with Crippen molar-refractivity contribution in [2.24, 2.45) is 0 Å². The molecule has 7 nitrogen and oxygen atoms in total. The maximum absolute atomic E-state index is 12.4. The van der Waals surface area contributed by atoms with E-state index in [1.165, 1.54) is 0 Å². The maximum atomic E-state index is 12.4. The van der Waals surface area contributed by atoms with Crippen molar-refractivity contribution in [1.29, 1.82) is 0 Å². The van der Waals surface area contributed by atoms with Gasteiger partial charge in [0.2, 0.25) is 5.79 Å². The number of carbonyl (C=O) groups is 1. The van der Waals surface area contributed by atoms with E-state index < -0.39 is 36.5 Å². The molecule has 0 amide bonds. The quantitative estimate of drug-likeness (QED) is 0.657. The summed E-state index contributed by atoms with van der Waals surface area (Å²) < 4.78 is 16.9. The molecule has 2 aliphatic rings. The van der Waals surface area contributed by atoms with E-state index in [-0.39, 0.29) is 6.61 Å². The molecule has 3 unspecified atom stereocenters. The van der Waals surface area contributed by atoms with E-state index in [0.29, 0.717) is 29.2 Å². The zero-order valence-electron chi connectivity index (χ0n) is 16.4. The predicted octanol–water partition coefficient (Wildman–Crippen LogP) is 1.69. The Labute approximate surface area is 178 Å². The van der Waals surface area contributed by atoms with Crippen LogP contribution in [0.15, 0.2) is 36.4 Å². The van der Waals surface area contributed by atoms with E-state index in [1.807, 2.05) is 31.2 Å². The van der Waals surface area contributed by atoms with Gasteiger partial charge in [-0.1, -0.05) is 23.7 Å². The Kier molecular flexibility index (Phi) is 5.85. The zero-order chi connectivity index (χ0) is 21.5. The van der Waals surface area contributed by atoms with Crippen molar-refractivity contribution in [3.8, 4) is 5.75 Å². The molecule has 0 aliphatic carbocycles. The molecule has 0 aromatic heterocycles. The van der Waals surface area contributed by atoms with E-state index in [9.17, 15) is 20.1 Å². The molecule has 2 aromatic rings. The lowest BCUT2D eigenvalue weighted by Crippen LogP contribution is -2.61. The van der Waals surface area contributed by atoms with Gasteiger partial charge in [-0.15, -0.1) is 0 Å². The predicted molar refractivity (Wildman–Crippen MR) is 107 cm³/mol. The van der Waals surface area contributed by atoms with Crippen LogP contribution in [-0.4, -0.2) is 52.6 Å². The molecule has 3 N–H and O–H groups in total. The van der Waals surface area contributed by atoms with Crippen molar-refractivity contribution < 1.29 is 34.3 Å². The highest BCUT2D eigenvalue weighted by atomic mass is 35.5. The number of aliphatic hydroxyl groups is 3. The van der Waals surface area contributed by atoms with Gasteiger partial charge in [-0.05, 0) is 54.3 Å². The average Bonchev–Trinajstić information content (AvgIpc) is 3.09. The van der Waals surface area contributed by atoms with Crippen LogP contribution in [0.25, 0.3) is 0 Å². The molecule has 160 valence electrons. The minimum Gasteiger partial charge on any atom is -0.494 e. The van der Waals surface area contributed by atoms with Crippen molar-refractivity contribution in [3.05, 3.63) is 63.7 Å². The summed E-state index contributed by atoms with van der Waals surface area (Å²) in [5, 5.41) is 30.6. The van der Waals surface area contributed by atoms with Crippen LogP contribution < -0.4 is 4.74 Å². The number of ether oxygens (including phenoxy) is 3. The number of ketones is 1. The Morgan fingerprint density at radius 3 is 2.63 bits per heavy atom. The Morgan fingerprint density at radius 1 is 1.23 bits per heavy atom. The van der Waals surface area contributed by atoms with Crippen molar-refractivity contribution in [2.75, 3.05) is 13.2 Å². The van der Waals surface area contributed by atoms with Gasteiger partial charge in [0, 0.05) is 10.6 Å². The van der Waals surface area contributed by atoms with Crippen molar-refractivity contribution in [3.63, 3.8) is 0 Å². The SMILES string of the molecule is CCOc1ccc(Cc2cc3c(cc2Cl)COC32O[C@H](CO)C(O)C(=O)C2O)cc1. The standard InChI is InChI=1S/C22H23ClO7/c1-2-28-15-5-3-12(4-6-15)7-13-8-16-14(9-17(13)23)11-29-22(16)21(27)20(26)19(25)18(10-24)30-22/h3-6,8-9,18-19,21,24-25,27H,2,7,10-11H2,1H3/t18-,19?,21?,22?/m1/s1. The molecule has 2 aliphatic heterocycles. The van der Waals surface area contributed by atoms with Crippen molar-refractivity contribution in [1.82, 2.24) is 0 Å². The van der Waals surface area contributed by atoms with Crippen LogP contribution in [-0.2, 0) is 33.1 Å². The number of rotatable bonds is 5. The van der Waals surface area contributed by atoms with Crippen LogP contribution in [0.2, 0.25) is 5.02 Å². The molecule has 8 heteroatoms. The van der Waals surface area contributed by atoms with Crippen molar-refractivity contribution in [2.45, 2.75) is 44.1 Å². The number of hydrogen-bond donors (Lipinski definition) is 3. The lowest BCUT2D eigenvalue weighted by molar-refractivity contribution is -0.327. The van der Waals surface area contributed by atoms with Gasteiger partial charge in [-0.2, -0.15) is 0 Å². The number of Topliss-reactive ketones (excluding diaryl/α,β-unsaturated/α-hetero) is 1. The van der Waals surface area contributed by atoms with Gasteiger partial charge < -0.3 is 29.5 Å². The number of benzene rings is 2. The molecule has 0 saturated carbocycles. The lowest BCUT2D eigenvalue weighted by Gasteiger charge is -2.42. The fourth-order valence-corrected chi connectivity index (χ4v) is 4.19. The second kappa shape index (κ2) is 8.26. The number of fused-ring (bicyclic) bond motifs is 2. The summed E-state index contributed by atoms with van der Waals surface area (Å²) in [6, 6.07) is 11.1. The maximum Gasteiger partial charge on any atom is 0.230 e. The first-order valence-corrected chi connectivity index (χ1v) is 10.1. The largest absolute Gasteiger partial charge is 0.494 e. The second-order valence-corrected chi connectivity index (χ2v) is 7.81. The lowest BCUT2D eigenvalue weighted by atomic mass is 9.87. The monoisotopic (exact) mass is 434 g/mol. The van der Waals surface area contributed by atoms with E-state index >= 15 is 0 Å². The van der Waals surface area contributed by atoms with Crippen LogP contribution >= 0.6 is 11.6 Å². The topological polar surface area (TPSA) is 105 Å². The van der Waals surface area contributed by atoms with Crippen LogP contribution in [0.1, 0.15) is 29.2 Å². The van der Waals surface area contributed by atoms with Crippen LogP contribution in [0.4, 0.5) is 0 Å². The van der Waals surface area contributed by atoms with Gasteiger partial charge in [0.1, 0.15) is 18.0 Å². The minimum atomic E-state index is -1.78. The zero-order valence-corrected chi connectivity index (χ0v) is 17.1. The molecule has 30 heavy (non-hydrogen) atoms. The van der Waals surface area contributed by atoms with Crippen LogP contribution in [0, 0.1) is 0 Å². The van der Waals surface area contributed by atoms with E-state index in [2.05, 4.69) is 0 Å². The number of halogens is 1. The molecular weight excluding hydrogens is 412 g/mol. The normalized spacial score (nSPS) is 28.0. The number of carbonyl (C=O) groups excluding carboxylic acids is 1. The summed E-state index contributed by atoms with van der Waals surface area (Å²) in [6.07, 6.45) is -4.04.